The molecule has 0 radical (unpaired) electrons. The van der Waals surface area contributed by atoms with E-state index in [-0.39, 0.29) is 23.5 Å². The molecule has 0 bridgehead atoms. The van der Waals surface area contributed by atoms with Crippen LogP contribution in [0.5, 0.6) is 0 Å². The van der Waals surface area contributed by atoms with Crippen molar-refractivity contribution in [2.24, 2.45) is 0 Å². The molecule has 9 nitrogen and oxygen atoms in total. The Bertz CT molecular complexity index is 1220. The van der Waals surface area contributed by atoms with Crippen LogP contribution < -0.4 is 10.6 Å². The van der Waals surface area contributed by atoms with Crippen molar-refractivity contribution in [1.29, 1.82) is 0 Å². The maximum absolute atomic E-state index is 12.4. The molecule has 3 heterocycles. The summed E-state index contributed by atoms with van der Waals surface area (Å²) in [5, 5.41) is 11.6. The predicted octanol–water partition coefficient (Wildman–Crippen LogP) is 4.52. The van der Waals surface area contributed by atoms with Crippen LogP contribution >= 0.6 is 11.3 Å². The Kier molecular flexibility index (Phi) is 5.87. The van der Waals surface area contributed by atoms with Gasteiger partial charge in [-0.1, -0.05) is 25.9 Å². The molecule has 0 atom stereocenters. The fraction of sp³-hybridized carbons (Fsp3) is 0.227. The third-order valence-corrected chi connectivity index (χ3v) is 5.16. The smallest absolute Gasteiger partial charge is 0.293 e. The summed E-state index contributed by atoms with van der Waals surface area (Å²) in [5.74, 6) is 0.642. The highest BCUT2D eigenvalue weighted by Gasteiger charge is 2.22. The molecule has 1 aromatic carbocycles. The van der Waals surface area contributed by atoms with Crippen molar-refractivity contribution in [2.75, 3.05) is 10.6 Å². The lowest BCUT2D eigenvalue weighted by atomic mass is 9.97. The van der Waals surface area contributed by atoms with E-state index in [1.54, 1.807) is 29.6 Å². The zero-order valence-electron chi connectivity index (χ0n) is 17.7. The monoisotopic (exact) mass is 451 g/mol. The first kappa shape index (κ1) is 21.4. The largest absolute Gasteiger partial charge is 0.459 e. The van der Waals surface area contributed by atoms with E-state index >= 15 is 0 Å². The first-order valence-corrected chi connectivity index (χ1v) is 10.7. The number of amides is 2. The minimum atomic E-state index is -0.392. The topological polar surface area (TPSA) is 123 Å². The number of hydrogen-bond donors (Lipinski definition) is 2. The summed E-state index contributed by atoms with van der Waals surface area (Å²) < 4.78 is 10.4. The van der Waals surface area contributed by atoms with Crippen LogP contribution in [0.4, 0.5) is 10.8 Å². The van der Waals surface area contributed by atoms with Crippen molar-refractivity contribution in [3.05, 3.63) is 65.4 Å². The Morgan fingerprint density at radius 3 is 2.50 bits per heavy atom. The molecule has 0 spiro atoms. The second-order valence-corrected chi connectivity index (χ2v) is 8.91. The third kappa shape index (κ3) is 5.09. The number of thiazole rings is 1. The van der Waals surface area contributed by atoms with Gasteiger partial charge in [-0.15, -0.1) is 11.3 Å². The summed E-state index contributed by atoms with van der Waals surface area (Å²) in [6, 6.07) is 10.4. The average Bonchev–Trinajstić information content (AvgIpc) is 3.50. The summed E-state index contributed by atoms with van der Waals surface area (Å²) in [4.78, 5) is 33.1. The van der Waals surface area contributed by atoms with Gasteiger partial charge < -0.3 is 14.3 Å². The lowest BCUT2D eigenvalue weighted by Gasteiger charge is -2.10. The normalized spacial score (nSPS) is 11.3. The van der Waals surface area contributed by atoms with Crippen molar-refractivity contribution < 1.29 is 18.5 Å². The molecule has 4 rings (SSSR count). The zero-order chi connectivity index (χ0) is 22.7. The van der Waals surface area contributed by atoms with E-state index in [1.807, 2.05) is 32.9 Å². The van der Waals surface area contributed by atoms with Crippen LogP contribution in [0, 0.1) is 0 Å². The van der Waals surface area contributed by atoms with Crippen molar-refractivity contribution in [3.63, 3.8) is 0 Å². The Morgan fingerprint density at radius 1 is 1.06 bits per heavy atom. The van der Waals surface area contributed by atoms with Gasteiger partial charge in [-0.2, -0.15) is 4.98 Å². The number of furan rings is 1. The fourth-order valence-corrected chi connectivity index (χ4v) is 3.44. The van der Waals surface area contributed by atoms with Crippen molar-refractivity contribution >= 4 is 34.0 Å². The highest BCUT2D eigenvalue weighted by molar-refractivity contribution is 7.14. The summed E-state index contributed by atoms with van der Waals surface area (Å²) in [6.07, 6.45) is 1.50. The molecule has 10 heteroatoms. The van der Waals surface area contributed by atoms with Gasteiger partial charge in [0.1, 0.15) is 0 Å². The Morgan fingerprint density at radius 2 is 1.84 bits per heavy atom. The van der Waals surface area contributed by atoms with Gasteiger partial charge in [0.15, 0.2) is 10.9 Å². The summed E-state index contributed by atoms with van der Waals surface area (Å²) >= 11 is 1.24. The van der Waals surface area contributed by atoms with E-state index in [0.717, 1.165) is 5.56 Å². The maximum Gasteiger partial charge on any atom is 0.293 e. The highest BCUT2D eigenvalue weighted by atomic mass is 32.1. The molecule has 32 heavy (non-hydrogen) atoms. The molecule has 0 saturated carbocycles. The molecule has 3 aromatic heterocycles. The summed E-state index contributed by atoms with van der Waals surface area (Å²) in [6.45, 7) is 6.00. The highest BCUT2D eigenvalue weighted by Crippen LogP contribution is 2.25. The number of nitrogens with zero attached hydrogens (tertiary/aromatic N) is 3. The minimum Gasteiger partial charge on any atom is -0.459 e. The van der Waals surface area contributed by atoms with Crippen LogP contribution in [-0.2, 0) is 16.6 Å². The van der Waals surface area contributed by atoms with Gasteiger partial charge in [0.05, 0.1) is 18.4 Å². The standard InChI is InChI=1S/C22H21N5O4S/c1-22(2,3)20-25-18(27-31-20)13-6-8-14(9-7-13)23-17(28)11-15-12-32-21(24-15)26-19(29)16-5-4-10-30-16/h4-10,12H,11H2,1-3H3,(H,23,28)(H,24,26,29). The molecule has 0 saturated heterocycles. The molecular weight excluding hydrogens is 430 g/mol. The molecule has 2 N–H and O–H groups in total. The molecule has 0 aliphatic carbocycles. The molecule has 0 fully saturated rings. The van der Waals surface area contributed by atoms with Gasteiger partial charge in [-0.05, 0) is 36.4 Å². The first-order chi connectivity index (χ1) is 15.3. The number of benzene rings is 1. The van der Waals surface area contributed by atoms with Gasteiger partial charge >= 0.3 is 0 Å². The molecule has 0 aliphatic heterocycles. The fourth-order valence-electron chi connectivity index (χ4n) is 2.73. The minimum absolute atomic E-state index is 0.0780. The SMILES string of the molecule is CC(C)(C)c1nc(-c2ccc(NC(=O)Cc3csc(NC(=O)c4ccco4)n3)cc2)no1. The van der Waals surface area contributed by atoms with E-state index < -0.39 is 5.91 Å². The van der Waals surface area contributed by atoms with Crippen LogP contribution in [0.25, 0.3) is 11.4 Å². The zero-order valence-corrected chi connectivity index (χ0v) is 18.5. The van der Waals surface area contributed by atoms with Crippen LogP contribution in [0.1, 0.15) is 42.9 Å². The van der Waals surface area contributed by atoms with Crippen molar-refractivity contribution in [3.8, 4) is 11.4 Å². The van der Waals surface area contributed by atoms with Crippen LogP contribution in [0.2, 0.25) is 0 Å². The maximum atomic E-state index is 12.4. The lowest BCUT2D eigenvalue weighted by Crippen LogP contribution is -2.15. The van der Waals surface area contributed by atoms with Crippen LogP contribution in [0.3, 0.4) is 0 Å². The second-order valence-electron chi connectivity index (χ2n) is 8.05. The number of hydrogen-bond acceptors (Lipinski definition) is 8. The van der Waals surface area contributed by atoms with Gasteiger partial charge in [-0.3, -0.25) is 14.9 Å². The molecular formula is C22H21N5O4S. The van der Waals surface area contributed by atoms with E-state index in [1.165, 1.54) is 17.6 Å². The van der Waals surface area contributed by atoms with E-state index in [0.29, 0.717) is 28.2 Å². The predicted molar refractivity (Wildman–Crippen MR) is 120 cm³/mol. The number of rotatable bonds is 6. The Labute approximate surface area is 187 Å². The van der Waals surface area contributed by atoms with Crippen LogP contribution in [-0.4, -0.2) is 26.9 Å². The molecule has 2 amide bonds. The summed E-state index contributed by atoms with van der Waals surface area (Å²) in [5.41, 5.74) is 1.76. The van der Waals surface area contributed by atoms with Gasteiger partial charge in [0.25, 0.3) is 5.91 Å². The second kappa shape index (κ2) is 8.75. The number of carbonyl (C=O) groups excluding carboxylic acids is 2. The van der Waals surface area contributed by atoms with E-state index in [2.05, 4.69) is 25.8 Å². The quantitative estimate of drug-likeness (QED) is 0.442. The average molecular weight is 452 g/mol. The van der Waals surface area contributed by atoms with E-state index in [4.69, 9.17) is 8.94 Å². The van der Waals surface area contributed by atoms with Crippen molar-refractivity contribution in [2.45, 2.75) is 32.6 Å². The molecule has 0 aliphatic rings. The molecule has 0 unspecified atom stereocenters. The van der Waals surface area contributed by atoms with Gasteiger partial charge in [0.2, 0.25) is 17.6 Å². The first-order valence-electron chi connectivity index (χ1n) is 9.82. The number of anilines is 2. The third-order valence-electron chi connectivity index (χ3n) is 4.35. The van der Waals surface area contributed by atoms with Gasteiger partial charge in [0, 0.05) is 22.0 Å². The number of aromatic nitrogens is 3. The molecule has 164 valence electrons. The molecule has 4 aromatic rings. The lowest BCUT2D eigenvalue weighted by molar-refractivity contribution is -0.115. The Balaban J connectivity index is 1.33. The number of carbonyl (C=O) groups is 2. The number of nitrogens with one attached hydrogen (secondary N) is 2. The van der Waals surface area contributed by atoms with Crippen LogP contribution in [0.15, 0.2) is 57.0 Å². The van der Waals surface area contributed by atoms with Gasteiger partial charge in [-0.25, -0.2) is 4.98 Å². The Hall–Kier alpha value is -3.79. The van der Waals surface area contributed by atoms with Crippen molar-refractivity contribution in [1.82, 2.24) is 15.1 Å². The summed E-state index contributed by atoms with van der Waals surface area (Å²) in [7, 11) is 0. The van der Waals surface area contributed by atoms with E-state index in [9.17, 15) is 9.59 Å².